The van der Waals surface area contributed by atoms with Crippen molar-refractivity contribution in [2.24, 2.45) is 0 Å². The lowest BCUT2D eigenvalue weighted by atomic mass is 10.0. The molecule has 1 N–H and O–H groups in total. The molecule has 7 heteroatoms. The molecule has 0 bridgehead atoms. The fourth-order valence-corrected chi connectivity index (χ4v) is 1.98. The van der Waals surface area contributed by atoms with E-state index >= 15 is 0 Å². The number of hydrogen-bond donors (Lipinski definition) is 1. The van der Waals surface area contributed by atoms with Crippen LogP contribution in [0.1, 0.15) is 13.8 Å². The molecule has 0 spiro atoms. The standard InChI is InChI=1S/C10H16ClNO5/c1-5(13)12-8-9(17-6(2)14)7(11)4-16-10(8)15-3/h7-10H,4H2,1-3H3,(H,12,13)/t7-,8+,9-,10-/m0/s1. The number of carbonyl (C=O) groups is 2. The predicted octanol–water partition coefficient (Wildman–Crippen LogP) is 0.0329. The highest BCUT2D eigenvalue weighted by Crippen LogP contribution is 2.23. The molecule has 1 aliphatic heterocycles. The van der Waals surface area contributed by atoms with E-state index in [-0.39, 0.29) is 12.5 Å². The number of halogens is 1. The number of methoxy groups -OCH3 is 1. The van der Waals surface area contributed by atoms with Crippen LogP contribution in [0.5, 0.6) is 0 Å². The quantitative estimate of drug-likeness (QED) is 0.576. The zero-order valence-electron chi connectivity index (χ0n) is 9.94. The SMILES string of the molecule is CO[C@H]1OC[C@H](Cl)[C@H](OC(C)=O)[C@H]1NC(C)=O. The van der Waals surface area contributed by atoms with Gasteiger partial charge in [0.1, 0.15) is 12.1 Å². The smallest absolute Gasteiger partial charge is 0.303 e. The van der Waals surface area contributed by atoms with E-state index in [2.05, 4.69) is 5.32 Å². The second kappa shape index (κ2) is 6.18. The molecule has 17 heavy (non-hydrogen) atoms. The van der Waals surface area contributed by atoms with E-state index in [0.717, 1.165) is 0 Å². The van der Waals surface area contributed by atoms with Gasteiger partial charge in [0, 0.05) is 21.0 Å². The first-order valence-corrected chi connectivity index (χ1v) is 5.62. The summed E-state index contributed by atoms with van der Waals surface area (Å²) in [5.74, 6) is -0.740. The number of ether oxygens (including phenoxy) is 3. The molecule has 4 atom stereocenters. The highest BCUT2D eigenvalue weighted by atomic mass is 35.5. The molecule has 0 aliphatic carbocycles. The molecular formula is C10H16ClNO5. The molecule has 0 aromatic rings. The molecule has 0 radical (unpaired) electrons. The largest absolute Gasteiger partial charge is 0.458 e. The zero-order chi connectivity index (χ0) is 13.0. The molecule has 0 saturated carbocycles. The van der Waals surface area contributed by atoms with Crippen LogP contribution in [0.25, 0.3) is 0 Å². The van der Waals surface area contributed by atoms with Crippen LogP contribution >= 0.6 is 11.6 Å². The lowest BCUT2D eigenvalue weighted by Gasteiger charge is -2.39. The number of amides is 1. The van der Waals surface area contributed by atoms with E-state index in [1.54, 1.807) is 0 Å². The van der Waals surface area contributed by atoms with Gasteiger partial charge in [0.2, 0.25) is 5.91 Å². The second-order valence-electron chi connectivity index (χ2n) is 3.75. The first-order chi connectivity index (χ1) is 7.95. The van der Waals surface area contributed by atoms with Crippen molar-refractivity contribution in [2.75, 3.05) is 13.7 Å². The molecule has 1 amide bonds. The summed E-state index contributed by atoms with van der Waals surface area (Å²) >= 11 is 6.02. The van der Waals surface area contributed by atoms with Crippen molar-refractivity contribution < 1.29 is 23.8 Å². The van der Waals surface area contributed by atoms with Crippen LogP contribution < -0.4 is 5.32 Å². The van der Waals surface area contributed by atoms with E-state index in [4.69, 9.17) is 25.8 Å². The van der Waals surface area contributed by atoms with Gasteiger partial charge in [-0.3, -0.25) is 9.59 Å². The Bertz CT molecular complexity index is 298. The van der Waals surface area contributed by atoms with Crippen molar-refractivity contribution in [2.45, 2.75) is 37.7 Å². The number of nitrogens with one attached hydrogen (secondary N) is 1. The lowest BCUT2D eigenvalue weighted by molar-refractivity contribution is -0.200. The van der Waals surface area contributed by atoms with Gasteiger partial charge in [-0.25, -0.2) is 0 Å². The van der Waals surface area contributed by atoms with Crippen molar-refractivity contribution in [3.63, 3.8) is 0 Å². The maximum atomic E-state index is 11.1. The maximum Gasteiger partial charge on any atom is 0.303 e. The number of esters is 1. The first kappa shape index (κ1) is 14.2. The molecule has 0 unspecified atom stereocenters. The fourth-order valence-electron chi connectivity index (χ4n) is 1.70. The second-order valence-corrected chi connectivity index (χ2v) is 4.31. The van der Waals surface area contributed by atoms with E-state index in [0.29, 0.717) is 0 Å². The highest BCUT2D eigenvalue weighted by Gasteiger charge is 2.42. The van der Waals surface area contributed by atoms with Crippen molar-refractivity contribution in [1.82, 2.24) is 5.32 Å². The molecule has 1 aliphatic rings. The topological polar surface area (TPSA) is 73.9 Å². The fraction of sp³-hybridized carbons (Fsp3) is 0.800. The molecule has 1 rings (SSSR count). The Morgan fingerprint density at radius 1 is 1.41 bits per heavy atom. The van der Waals surface area contributed by atoms with Gasteiger partial charge in [-0.2, -0.15) is 0 Å². The van der Waals surface area contributed by atoms with E-state index in [9.17, 15) is 9.59 Å². The summed E-state index contributed by atoms with van der Waals surface area (Å²) in [6.45, 7) is 2.83. The first-order valence-electron chi connectivity index (χ1n) is 5.18. The Kier molecular flexibility index (Phi) is 5.17. The third-order valence-corrected chi connectivity index (χ3v) is 2.70. The molecule has 1 heterocycles. The minimum Gasteiger partial charge on any atom is -0.458 e. The van der Waals surface area contributed by atoms with Gasteiger partial charge in [0.25, 0.3) is 0 Å². The summed E-state index contributed by atoms with van der Waals surface area (Å²) in [5, 5.41) is 2.09. The lowest BCUT2D eigenvalue weighted by Crippen LogP contribution is -2.60. The van der Waals surface area contributed by atoms with Crippen LogP contribution in [0, 0.1) is 0 Å². The number of hydrogen-bond acceptors (Lipinski definition) is 5. The minimum atomic E-state index is -0.682. The normalized spacial score (nSPS) is 32.9. The molecule has 1 fully saturated rings. The highest BCUT2D eigenvalue weighted by molar-refractivity contribution is 6.21. The summed E-state index contributed by atoms with van der Waals surface area (Å²) in [7, 11) is 1.44. The van der Waals surface area contributed by atoms with Crippen LogP contribution in [0.4, 0.5) is 0 Å². The van der Waals surface area contributed by atoms with Crippen molar-refractivity contribution in [1.29, 1.82) is 0 Å². The molecule has 1 saturated heterocycles. The Morgan fingerprint density at radius 2 is 2.06 bits per heavy atom. The molecule has 0 aromatic heterocycles. The van der Waals surface area contributed by atoms with E-state index in [1.165, 1.54) is 21.0 Å². The van der Waals surface area contributed by atoms with Gasteiger partial charge in [0.15, 0.2) is 6.29 Å². The van der Waals surface area contributed by atoms with Gasteiger partial charge in [-0.1, -0.05) is 0 Å². The van der Waals surface area contributed by atoms with Crippen LogP contribution in [-0.4, -0.2) is 49.4 Å². The van der Waals surface area contributed by atoms with Crippen molar-refractivity contribution >= 4 is 23.5 Å². The van der Waals surface area contributed by atoms with Gasteiger partial charge in [-0.05, 0) is 0 Å². The van der Waals surface area contributed by atoms with Crippen LogP contribution in [-0.2, 0) is 23.8 Å². The Hall–Kier alpha value is -0.850. The Morgan fingerprint density at radius 3 is 2.53 bits per heavy atom. The minimum absolute atomic E-state index is 0.189. The molecule has 98 valence electrons. The third-order valence-electron chi connectivity index (χ3n) is 2.33. The molecule has 0 aromatic carbocycles. The predicted molar refractivity (Wildman–Crippen MR) is 59.5 cm³/mol. The summed E-state index contributed by atoms with van der Waals surface area (Å²) < 4.78 is 15.5. The molecule has 6 nitrogen and oxygen atoms in total. The molecular weight excluding hydrogens is 250 g/mol. The number of alkyl halides is 1. The third kappa shape index (κ3) is 3.83. The summed E-state index contributed by atoms with van der Waals surface area (Å²) in [6, 6.07) is -0.613. The van der Waals surface area contributed by atoms with Crippen LogP contribution in [0.15, 0.2) is 0 Å². The Balaban J connectivity index is 2.82. The Labute approximate surface area is 105 Å². The van der Waals surface area contributed by atoms with Crippen LogP contribution in [0.2, 0.25) is 0 Å². The van der Waals surface area contributed by atoms with Crippen molar-refractivity contribution in [3.05, 3.63) is 0 Å². The number of carbonyl (C=O) groups excluding carboxylic acids is 2. The van der Waals surface area contributed by atoms with E-state index < -0.39 is 29.8 Å². The average Bonchev–Trinajstić information content (AvgIpc) is 2.22. The zero-order valence-corrected chi connectivity index (χ0v) is 10.7. The van der Waals surface area contributed by atoms with E-state index in [1.807, 2.05) is 0 Å². The number of rotatable bonds is 3. The van der Waals surface area contributed by atoms with Crippen molar-refractivity contribution in [3.8, 4) is 0 Å². The summed E-state index contributed by atoms with van der Waals surface area (Å²) in [6.07, 6.45) is -1.35. The van der Waals surface area contributed by atoms with Gasteiger partial charge < -0.3 is 19.5 Å². The average molecular weight is 266 g/mol. The summed E-state index contributed by atoms with van der Waals surface area (Å²) in [5.41, 5.74) is 0. The van der Waals surface area contributed by atoms with Gasteiger partial charge in [0.05, 0.1) is 12.0 Å². The van der Waals surface area contributed by atoms with Gasteiger partial charge in [-0.15, -0.1) is 11.6 Å². The monoisotopic (exact) mass is 265 g/mol. The summed E-state index contributed by atoms with van der Waals surface area (Å²) in [4.78, 5) is 22.1. The van der Waals surface area contributed by atoms with Gasteiger partial charge >= 0.3 is 5.97 Å². The maximum absolute atomic E-state index is 11.1. The van der Waals surface area contributed by atoms with Crippen LogP contribution in [0.3, 0.4) is 0 Å².